The second-order valence-corrected chi connectivity index (χ2v) is 7.70. The maximum Gasteiger partial charge on any atom is 0.117 e. The molecule has 1 N–H and O–H groups in total. The molecule has 0 aliphatic heterocycles. The molecule has 0 saturated heterocycles. The van der Waals surface area contributed by atoms with E-state index in [1.165, 1.54) is 11.8 Å². The molecule has 29 heavy (non-hydrogen) atoms. The lowest BCUT2D eigenvalue weighted by atomic mass is 10.0. The molecule has 0 saturated carbocycles. The van der Waals surface area contributed by atoms with Crippen molar-refractivity contribution in [2.45, 2.75) is 17.2 Å². The highest BCUT2D eigenvalue weighted by Gasteiger charge is 2.17. The van der Waals surface area contributed by atoms with Gasteiger partial charge in [0.15, 0.2) is 0 Å². The van der Waals surface area contributed by atoms with E-state index in [4.69, 9.17) is 4.74 Å². The summed E-state index contributed by atoms with van der Waals surface area (Å²) in [6.07, 6.45) is 0.745. The smallest absolute Gasteiger partial charge is 0.117 e. The number of nitrogens with zero attached hydrogens (tertiary/aromatic N) is 2. The summed E-state index contributed by atoms with van der Waals surface area (Å²) in [5.74, 6) is 0.497. The first-order valence-electron chi connectivity index (χ1n) is 9.53. The summed E-state index contributed by atoms with van der Waals surface area (Å²) in [7, 11) is 0. The van der Waals surface area contributed by atoms with E-state index in [-0.39, 0.29) is 12.7 Å². The zero-order valence-electron chi connectivity index (χ0n) is 15.9. The second-order valence-electron chi connectivity index (χ2n) is 6.70. The maximum absolute atomic E-state index is 10.5. The number of thioether (sulfide) groups is 1. The molecule has 0 amide bonds. The average molecular weight is 403 g/mol. The van der Waals surface area contributed by atoms with Crippen LogP contribution in [0.4, 0.5) is 0 Å². The summed E-state index contributed by atoms with van der Waals surface area (Å²) >= 11 is 1.52. The van der Waals surface area contributed by atoms with Crippen LogP contribution in [0.3, 0.4) is 0 Å². The van der Waals surface area contributed by atoms with Crippen molar-refractivity contribution in [3.8, 4) is 0 Å². The molecule has 1 aromatic heterocycles. The molecule has 0 bridgehead atoms. The van der Waals surface area contributed by atoms with Gasteiger partial charge in [-0.25, -0.2) is 9.97 Å². The lowest BCUT2D eigenvalue weighted by molar-refractivity contribution is 0.0155. The molecular weight excluding hydrogens is 380 g/mol. The maximum atomic E-state index is 10.5. The first-order valence-corrected chi connectivity index (χ1v) is 10.5. The topological polar surface area (TPSA) is 55.2 Å². The summed E-state index contributed by atoms with van der Waals surface area (Å²) < 4.78 is 6.16. The Morgan fingerprint density at radius 3 is 2.10 bits per heavy atom. The second kappa shape index (κ2) is 9.65. The van der Waals surface area contributed by atoms with Gasteiger partial charge >= 0.3 is 0 Å². The van der Waals surface area contributed by atoms with E-state index in [9.17, 15) is 5.11 Å². The van der Waals surface area contributed by atoms with Crippen molar-refractivity contribution in [1.82, 2.24) is 9.97 Å². The van der Waals surface area contributed by atoms with Crippen LogP contribution in [0, 0.1) is 0 Å². The average Bonchev–Trinajstić information content (AvgIpc) is 2.79. The molecule has 4 nitrogen and oxygen atoms in total. The molecule has 4 rings (SSSR count). The molecule has 0 aliphatic rings. The van der Waals surface area contributed by atoms with Crippen molar-refractivity contribution in [3.05, 3.63) is 102 Å². The third-order valence-electron chi connectivity index (χ3n) is 4.58. The van der Waals surface area contributed by atoms with Crippen LogP contribution < -0.4 is 0 Å². The van der Waals surface area contributed by atoms with Crippen LogP contribution in [0.1, 0.15) is 17.2 Å². The van der Waals surface area contributed by atoms with E-state index in [0.717, 1.165) is 27.1 Å². The summed E-state index contributed by atoms with van der Waals surface area (Å²) in [4.78, 5) is 8.65. The van der Waals surface area contributed by atoms with Gasteiger partial charge in [0.1, 0.15) is 17.5 Å². The first-order chi connectivity index (χ1) is 14.3. The van der Waals surface area contributed by atoms with Crippen LogP contribution >= 0.6 is 11.8 Å². The predicted octanol–water partition coefficient (Wildman–Crippen LogP) is 4.89. The Hall–Kier alpha value is -2.73. The van der Waals surface area contributed by atoms with E-state index < -0.39 is 6.10 Å². The number of aliphatic hydroxyl groups is 1. The van der Waals surface area contributed by atoms with Gasteiger partial charge in [-0.05, 0) is 17.2 Å². The molecular formula is C24H22N2O2S. The van der Waals surface area contributed by atoms with Gasteiger partial charge < -0.3 is 9.84 Å². The normalized spacial score (nSPS) is 12.3. The van der Waals surface area contributed by atoms with Crippen LogP contribution in [0.25, 0.3) is 10.9 Å². The van der Waals surface area contributed by atoms with Crippen molar-refractivity contribution < 1.29 is 9.84 Å². The molecule has 0 unspecified atom stereocenters. The van der Waals surface area contributed by atoms with Gasteiger partial charge in [0.25, 0.3) is 0 Å². The largest absolute Gasteiger partial charge is 0.390 e. The molecule has 0 aliphatic carbocycles. The molecule has 146 valence electrons. The minimum absolute atomic E-state index is 0.211. The number of aliphatic hydroxyl groups excluding tert-OH is 1. The Morgan fingerprint density at radius 2 is 1.41 bits per heavy atom. The van der Waals surface area contributed by atoms with Crippen LogP contribution in [-0.4, -0.2) is 33.5 Å². The van der Waals surface area contributed by atoms with Gasteiger partial charge in [-0.1, -0.05) is 78.9 Å². The number of aromatic nitrogens is 2. The minimum atomic E-state index is -0.608. The van der Waals surface area contributed by atoms with Crippen molar-refractivity contribution in [1.29, 1.82) is 0 Å². The minimum Gasteiger partial charge on any atom is -0.390 e. The monoisotopic (exact) mass is 402 g/mol. The number of rotatable bonds is 8. The van der Waals surface area contributed by atoms with Gasteiger partial charge in [-0.3, -0.25) is 0 Å². The third kappa shape index (κ3) is 5.01. The van der Waals surface area contributed by atoms with Crippen LogP contribution in [0.5, 0.6) is 0 Å². The van der Waals surface area contributed by atoms with E-state index in [2.05, 4.69) is 9.97 Å². The van der Waals surface area contributed by atoms with E-state index in [1.807, 2.05) is 84.9 Å². The van der Waals surface area contributed by atoms with Gasteiger partial charge in [-0.15, -0.1) is 11.8 Å². The van der Waals surface area contributed by atoms with Gasteiger partial charge in [-0.2, -0.15) is 0 Å². The van der Waals surface area contributed by atoms with Crippen LogP contribution in [0.2, 0.25) is 0 Å². The molecule has 1 atom stereocenters. The Morgan fingerprint density at radius 1 is 0.793 bits per heavy atom. The van der Waals surface area contributed by atoms with Gasteiger partial charge in [0, 0.05) is 11.1 Å². The standard InChI is InChI=1S/C24H22N2O2S/c27-20(16-29-24-21-13-7-8-14-22(21)25-17-26-24)15-28-23(18-9-3-1-4-10-18)19-11-5-2-6-12-19/h1-14,17,20,23,27H,15-16H2/t20-/m0/s1. The number of hydrogen-bond donors (Lipinski definition) is 1. The Labute approximate surface area is 174 Å². The fourth-order valence-electron chi connectivity index (χ4n) is 3.17. The number of fused-ring (bicyclic) bond motifs is 1. The first kappa shape index (κ1) is 19.6. The van der Waals surface area contributed by atoms with Crippen molar-refractivity contribution in [3.63, 3.8) is 0 Å². The van der Waals surface area contributed by atoms with Crippen molar-refractivity contribution in [2.75, 3.05) is 12.4 Å². The van der Waals surface area contributed by atoms with Crippen LogP contribution in [-0.2, 0) is 4.74 Å². The molecule has 4 aromatic rings. The molecule has 3 aromatic carbocycles. The predicted molar refractivity (Wildman–Crippen MR) is 117 cm³/mol. The molecule has 0 spiro atoms. The van der Waals surface area contributed by atoms with E-state index in [0.29, 0.717) is 5.75 Å². The fraction of sp³-hybridized carbons (Fsp3) is 0.167. The molecule has 0 radical (unpaired) electrons. The lowest BCUT2D eigenvalue weighted by Crippen LogP contribution is -2.20. The van der Waals surface area contributed by atoms with Gasteiger partial charge in [0.05, 0.1) is 18.2 Å². The molecule has 0 fully saturated rings. The summed E-state index contributed by atoms with van der Waals surface area (Å²) in [5.41, 5.74) is 3.05. The van der Waals surface area contributed by atoms with Crippen molar-refractivity contribution >= 4 is 22.7 Å². The van der Waals surface area contributed by atoms with E-state index >= 15 is 0 Å². The SMILES string of the molecule is O[C@@H](COC(c1ccccc1)c1ccccc1)CSc1ncnc2ccccc12. The molecule has 5 heteroatoms. The molecule has 1 heterocycles. The number of ether oxygens (including phenoxy) is 1. The lowest BCUT2D eigenvalue weighted by Gasteiger charge is -2.21. The quantitative estimate of drug-likeness (QED) is 0.336. The third-order valence-corrected chi connectivity index (χ3v) is 5.73. The highest BCUT2D eigenvalue weighted by molar-refractivity contribution is 7.99. The van der Waals surface area contributed by atoms with Crippen LogP contribution in [0.15, 0.2) is 96.3 Å². The fourth-order valence-corrected chi connectivity index (χ4v) is 4.06. The number of hydrogen-bond acceptors (Lipinski definition) is 5. The summed E-state index contributed by atoms with van der Waals surface area (Å²) in [5, 5.41) is 12.4. The Bertz CT molecular complexity index is 999. The Kier molecular flexibility index (Phi) is 6.52. The van der Waals surface area contributed by atoms with Crippen molar-refractivity contribution in [2.24, 2.45) is 0 Å². The zero-order valence-corrected chi connectivity index (χ0v) is 16.7. The van der Waals surface area contributed by atoms with Gasteiger partial charge in [0.2, 0.25) is 0 Å². The zero-order chi connectivity index (χ0) is 19.9. The number of para-hydroxylation sites is 1. The highest BCUT2D eigenvalue weighted by Crippen LogP contribution is 2.27. The summed E-state index contributed by atoms with van der Waals surface area (Å²) in [6.45, 7) is 0.241. The summed E-state index contributed by atoms with van der Waals surface area (Å²) in [6, 6.07) is 28.1. The Balaban J connectivity index is 1.41. The highest BCUT2D eigenvalue weighted by atomic mass is 32.2. The van der Waals surface area contributed by atoms with E-state index in [1.54, 1.807) is 6.33 Å². The number of benzene rings is 3.